The Kier molecular flexibility index (Phi) is 2.44. The van der Waals surface area contributed by atoms with Crippen molar-refractivity contribution in [1.82, 2.24) is 10.3 Å². The first-order chi connectivity index (χ1) is 8.74. The van der Waals surface area contributed by atoms with Crippen molar-refractivity contribution in [3.63, 3.8) is 0 Å². The molecule has 18 heavy (non-hydrogen) atoms. The van der Waals surface area contributed by atoms with Crippen LogP contribution >= 0.6 is 0 Å². The first-order valence-electron chi connectivity index (χ1n) is 5.52. The van der Waals surface area contributed by atoms with E-state index in [1.807, 2.05) is 6.07 Å². The number of rotatable bonds is 1. The number of anilines is 1. The predicted molar refractivity (Wildman–Crippen MR) is 64.6 cm³/mol. The number of fused-ring (bicyclic) bond motifs is 1. The van der Waals surface area contributed by atoms with E-state index in [9.17, 15) is 9.18 Å². The van der Waals surface area contributed by atoms with Gasteiger partial charge in [0.15, 0.2) is 0 Å². The van der Waals surface area contributed by atoms with Gasteiger partial charge in [-0.2, -0.15) is 0 Å². The van der Waals surface area contributed by atoms with Crippen LogP contribution in [0, 0.1) is 5.82 Å². The summed E-state index contributed by atoms with van der Waals surface area (Å²) in [6, 6.07) is 8.95. The van der Waals surface area contributed by atoms with Crippen LogP contribution < -0.4 is 10.6 Å². The molecule has 2 N–H and O–H groups in total. The minimum atomic E-state index is -0.425. The average Bonchev–Trinajstić information content (AvgIpc) is 2.39. The van der Waals surface area contributed by atoms with E-state index in [2.05, 4.69) is 15.6 Å². The molecule has 0 fully saturated rings. The second kappa shape index (κ2) is 4.10. The first kappa shape index (κ1) is 10.7. The Morgan fingerprint density at radius 1 is 1.22 bits per heavy atom. The molecule has 2 amide bonds. The van der Waals surface area contributed by atoms with Crippen LogP contribution in [-0.2, 0) is 0 Å². The minimum Gasteiger partial charge on any atom is -0.325 e. The lowest BCUT2D eigenvalue weighted by atomic mass is 9.99. The zero-order chi connectivity index (χ0) is 12.5. The Morgan fingerprint density at radius 3 is 2.89 bits per heavy atom. The van der Waals surface area contributed by atoms with Gasteiger partial charge in [0.05, 0.1) is 5.69 Å². The van der Waals surface area contributed by atoms with Gasteiger partial charge in [0.2, 0.25) is 0 Å². The Hall–Kier alpha value is -2.43. The topological polar surface area (TPSA) is 54.0 Å². The van der Waals surface area contributed by atoms with Gasteiger partial charge in [0.1, 0.15) is 11.9 Å². The number of amides is 2. The molecule has 0 saturated carbocycles. The van der Waals surface area contributed by atoms with Crippen LogP contribution in [0.4, 0.5) is 14.9 Å². The molecule has 0 radical (unpaired) electrons. The number of hydrogen-bond donors (Lipinski definition) is 2. The van der Waals surface area contributed by atoms with Crippen molar-refractivity contribution in [2.75, 3.05) is 5.32 Å². The number of nitrogens with zero attached hydrogens (tertiary/aromatic N) is 1. The third-order valence-electron chi connectivity index (χ3n) is 2.83. The molecule has 0 spiro atoms. The number of aromatic nitrogens is 1. The van der Waals surface area contributed by atoms with Gasteiger partial charge in [-0.1, -0.05) is 6.07 Å². The van der Waals surface area contributed by atoms with Crippen molar-refractivity contribution in [3.8, 4) is 0 Å². The smallest absolute Gasteiger partial charge is 0.320 e. The van der Waals surface area contributed by atoms with Crippen LogP contribution in [0.1, 0.15) is 17.3 Å². The molecule has 0 aliphatic carbocycles. The Bertz CT molecular complexity index is 600. The number of pyridine rings is 1. The zero-order valence-corrected chi connectivity index (χ0v) is 9.35. The van der Waals surface area contributed by atoms with Crippen molar-refractivity contribution in [2.45, 2.75) is 6.04 Å². The highest BCUT2D eigenvalue weighted by Gasteiger charge is 2.26. The quantitative estimate of drug-likeness (QED) is 0.808. The van der Waals surface area contributed by atoms with E-state index in [1.54, 1.807) is 24.4 Å². The summed E-state index contributed by atoms with van der Waals surface area (Å²) in [6.45, 7) is 0. The van der Waals surface area contributed by atoms with Crippen molar-refractivity contribution >= 4 is 11.7 Å². The lowest BCUT2D eigenvalue weighted by molar-refractivity contribution is 0.248. The van der Waals surface area contributed by atoms with Gasteiger partial charge in [0.25, 0.3) is 0 Å². The summed E-state index contributed by atoms with van der Waals surface area (Å²) in [5.74, 6) is -0.340. The molecular weight excluding hydrogens is 233 g/mol. The summed E-state index contributed by atoms with van der Waals surface area (Å²) in [7, 11) is 0. The number of carbonyl (C=O) groups is 1. The molecule has 0 saturated heterocycles. The maximum atomic E-state index is 13.3. The molecule has 0 bridgehead atoms. The van der Waals surface area contributed by atoms with Gasteiger partial charge in [-0.3, -0.25) is 4.98 Å². The Labute approximate surface area is 103 Å². The van der Waals surface area contributed by atoms with Crippen LogP contribution in [0.2, 0.25) is 0 Å². The number of carbonyl (C=O) groups excluding carboxylic acids is 1. The molecule has 2 heterocycles. The van der Waals surface area contributed by atoms with Gasteiger partial charge < -0.3 is 10.6 Å². The monoisotopic (exact) mass is 243 g/mol. The lowest BCUT2D eigenvalue weighted by Crippen LogP contribution is -2.38. The third-order valence-corrected chi connectivity index (χ3v) is 2.83. The molecule has 1 unspecified atom stereocenters. The molecule has 90 valence electrons. The highest BCUT2D eigenvalue weighted by atomic mass is 19.1. The fourth-order valence-electron chi connectivity index (χ4n) is 2.03. The van der Waals surface area contributed by atoms with E-state index < -0.39 is 6.04 Å². The maximum Gasteiger partial charge on any atom is 0.320 e. The van der Waals surface area contributed by atoms with Gasteiger partial charge in [-0.05, 0) is 30.3 Å². The number of hydrogen-bond acceptors (Lipinski definition) is 2. The van der Waals surface area contributed by atoms with Crippen molar-refractivity contribution in [2.24, 2.45) is 0 Å². The van der Waals surface area contributed by atoms with Crippen LogP contribution in [0.15, 0.2) is 42.6 Å². The predicted octanol–water partition coefficient (Wildman–Crippen LogP) is 2.45. The van der Waals surface area contributed by atoms with Crippen molar-refractivity contribution < 1.29 is 9.18 Å². The molecule has 1 aliphatic heterocycles. The van der Waals surface area contributed by atoms with Crippen LogP contribution in [-0.4, -0.2) is 11.0 Å². The zero-order valence-electron chi connectivity index (χ0n) is 9.35. The molecule has 1 aromatic carbocycles. The fraction of sp³-hybridized carbons (Fsp3) is 0.0769. The molecule has 3 rings (SSSR count). The largest absolute Gasteiger partial charge is 0.325 e. The summed E-state index contributed by atoms with van der Waals surface area (Å²) in [5, 5.41) is 5.38. The summed E-state index contributed by atoms with van der Waals surface area (Å²) in [4.78, 5) is 15.8. The fourth-order valence-corrected chi connectivity index (χ4v) is 2.03. The molecule has 2 aromatic rings. The van der Waals surface area contributed by atoms with Crippen molar-refractivity contribution in [1.29, 1.82) is 0 Å². The molecule has 1 atom stereocenters. The number of benzene rings is 1. The lowest BCUT2D eigenvalue weighted by Gasteiger charge is -2.26. The molecule has 1 aromatic heterocycles. The van der Waals surface area contributed by atoms with E-state index in [0.717, 1.165) is 0 Å². The molecule has 5 heteroatoms. The van der Waals surface area contributed by atoms with Gasteiger partial charge in [0, 0.05) is 17.4 Å². The SMILES string of the molecule is O=C1Nc2ccc(F)cc2C(c2ccccn2)N1. The number of nitrogens with one attached hydrogen (secondary N) is 2. The van der Waals surface area contributed by atoms with E-state index in [4.69, 9.17) is 0 Å². The summed E-state index contributed by atoms with van der Waals surface area (Å²) in [5.41, 5.74) is 1.96. The van der Waals surface area contributed by atoms with Gasteiger partial charge in [-0.25, -0.2) is 9.18 Å². The molecule has 1 aliphatic rings. The van der Waals surface area contributed by atoms with Crippen LogP contribution in [0.3, 0.4) is 0 Å². The Balaban J connectivity index is 2.12. The maximum absolute atomic E-state index is 13.3. The summed E-state index contributed by atoms with van der Waals surface area (Å²) in [6.07, 6.45) is 1.64. The third kappa shape index (κ3) is 1.79. The number of urea groups is 1. The van der Waals surface area contributed by atoms with Crippen LogP contribution in [0.5, 0.6) is 0 Å². The number of halogens is 1. The van der Waals surface area contributed by atoms with Gasteiger partial charge >= 0.3 is 6.03 Å². The Morgan fingerprint density at radius 2 is 2.11 bits per heavy atom. The van der Waals surface area contributed by atoms with E-state index >= 15 is 0 Å². The van der Waals surface area contributed by atoms with E-state index in [-0.39, 0.29) is 11.8 Å². The summed E-state index contributed by atoms with van der Waals surface area (Å²) >= 11 is 0. The standard InChI is InChI=1S/C13H10FN3O/c14-8-4-5-10-9(7-8)12(17-13(18)16-10)11-3-1-2-6-15-11/h1-7,12H,(H2,16,17,18). The highest BCUT2D eigenvalue weighted by Crippen LogP contribution is 2.31. The normalized spacial score (nSPS) is 17.6. The average molecular weight is 243 g/mol. The molecular formula is C13H10FN3O. The van der Waals surface area contributed by atoms with Gasteiger partial charge in [-0.15, -0.1) is 0 Å². The van der Waals surface area contributed by atoms with E-state index in [0.29, 0.717) is 16.9 Å². The first-order valence-corrected chi connectivity index (χ1v) is 5.52. The highest BCUT2D eigenvalue weighted by molar-refractivity contribution is 5.93. The minimum absolute atomic E-state index is 0.315. The summed E-state index contributed by atoms with van der Waals surface area (Å²) < 4.78 is 13.3. The second-order valence-electron chi connectivity index (χ2n) is 4.02. The molecule has 4 nitrogen and oxygen atoms in total. The van der Waals surface area contributed by atoms with E-state index in [1.165, 1.54) is 12.1 Å². The van der Waals surface area contributed by atoms with Crippen molar-refractivity contribution in [3.05, 3.63) is 59.7 Å². The second-order valence-corrected chi connectivity index (χ2v) is 4.02. The van der Waals surface area contributed by atoms with Crippen LogP contribution in [0.25, 0.3) is 0 Å².